The molecule has 110 valence electrons. The summed E-state index contributed by atoms with van der Waals surface area (Å²) in [6.07, 6.45) is 9.31. The van der Waals surface area contributed by atoms with Crippen LogP contribution in [0.15, 0.2) is 18.7 Å². The van der Waals surface area contributed by atoms with Crippen molar-refractivity contribution in [3.63, 3.8) is 0 Å². The van der Waals surface area contributed by atoms with Crippen molar-refractivity contribution in [2.45, 2.75) is 52.7 Å². The number of rotatable bonds is 3. The fourth-order valence-corrected chi connectivity index (χ4v) is 4.25. The first-order valence-electron chi connectivity index (χ1n) is 7.53. The van der Waals surface area contributed by atoms with Crippen molar-refractivity contribution in [2.24, 2.45) is 23.8 Å². The van der Waals surface area contributed by atoms with Crippen LogP contribution in [0.5, 0.6) is 0 Å². The average molecular weight is 277 g/mol. The Kier molecular flexibility index (Phi) is 2.96. The zero-order valence-electron chi connectivity index (χ0n) is 12.9. The summed E-state index contributed by atoms with van der Waals surface area (Å²) in [5.74, 6) is 0.588. The lowest BCUT2D eigenvalue weighted by Crippen LogP contribution is -2.38. The van der Waals surface area contributed by atoms with Gasteiger partial charge in [-0.15, -0.1) is 0 Å². The molecule has 1 aromatic rings. The molecule has 0 aliphatic heterocycles. The first-order valence-corrected chi connectivity index (χ1v) is 7.53. The van der Waals surface area contributed by atoms with Crippen molar-refractivity contribution in [3.8, 4) is 0 Å². The van der Waals surface area contributed by atoms with Crippen LogP contribution in [0.2, 0.25) is 0 Å². The lowest BCUT2D eigenvalue weighted by Gasteiger charge is -2.38. The molecule has 4 heteroatoms. The van der Waals surface area contributed by atoms with Crippen LogP contribution in [0.4, 0.5) is 0 Å². The van der Waals surface area contributed by atoms with Crippen LogP contribution in [0, 0.1) is 16.7 Å². The number of hydrogen-bond donors (Lipinski definition) is 0. The van der Waals surface area contributed by atoms with Gasteiger partial charge in [-0.3, -0.25) is 0 Å². The number of aryl methyl sites for hydroxylation is 1. The topological polar surface area (TPSA) is 35.1 Å². The molecular weight excluding hydrogens is 252 g/mol. The number of ether oxygens (including phenoxy) is 1. The van der Waals surface area contributed by atoms with E-state index in [-0.39, 0.29) is 22.9 Å². The number of hydrogen-bond acceptors (Lipinski definition) is 2. The first kappa shape index (κ1) is 13.7. The highest BCUT2D eigenvalue weighted by molar-refractivity contribution is 5.69. The van der Waals surface area contributed by atoms with E-state index in [4.69, 9.17) is 4.74 Å². The average Bonchev–Trinajstić information content (AvgIpc) is 2.90. The summed E-state index contributed by atoms with van der Waals surface area (Å²) in [4.78, 5) is 12.2. The fraction of sp³-hybridized carbons (Fsp3) is 0.750. The van der Waals surface area contributed by atoms with Gasteiger partial charge in [0.1, 0.15) is 18.5 Å². The molecule has 4 nitrogen and oxygen atoms in total. The molecule has 2 aliphatic rings. The lowest BCUT2D eigenvalue weighted by atomic mass is 9.70. The predicted molar refractivity (Wildman–Crippen MR) is 74.7 cm³/mol. The molecule has 0 N–H and O–H groups in total. The summed E-state index contributed by atoms with van der Waals surface area (Å²) in [6, 6.07) is 0. The van der Waals surface area contributed by atoms with Crippen LogP contribution in [-0.2, 0) is 23.1 Å². The number of fused-ring (bicyclic) bond motifs is 2. The van der Waals surface area contributed by atoms with E-state index < -0.39 is 0 Å². The van der Waals surface area contributed by atoms with Gasteiger partial charge < -0.3 is 4.74 Å². The van der Waals surface area contributed by atoms with E-state index in [9.17, 15) is 4.79 Å². The van der Waals surface area contributed by atoms with Gasteiger partial charge in [-0.1, -0.05) is 20.8 Å². The highest BCUT2D eigenvalue weighted by Gasteiger charge is 2.62. The fourth-order valence-electron chi connectivity index (χ4n) is 4.25. The van der Waals surface area contributed by atoms with Crippen molar-refractivity contribution in [1.82, 2.24) is 4.57 Å². The van der Waals surface area contributed by atoms with Gasteiger partial charge in [0.2, 0.25) is 6.33 Å². The maximum atomic E-state index is 12.2. The van der Waals surface area contributed by atoms with Crippen LogP contribution < -0.4 is 4.57 Å². The Balaban J connectivity index is 1.66. The summed E-state index contributed by atoms with van der Waals surface area (Å²) in [5.41, 5.74) is 0.437. The van der Waals surface area contributed by atoms with E-state index >= 15 is 0 Å². The quantitative estimate of drug-likeness (QED) is 0.626. The third-order valence-corrected chi connectivity index (χ3v) is 6.12. The number of esters is 1. The summed E-state index contributed by atoms with van der Waals surface area (Å²) < 4.78 is 9.62. The smallest absolute Gasteiger partial charge is 0.348 e. The van der Waals surface area contributed by atoms with Gasteiger partial charge in [0.15, 0.2) is 6.54 Å². The molecular formula is C16H25N2O2+. The van der Waals surface area contributed by atoms with Crippen LogP contribution in [0.1, 0.15) is 40.0 Å². The van der Waals surface area contributed by atoms with Gasteiger partial charge in [-0.25, -0.2) is 13.9 Å². The second-order valence-electron chi connectivity index (χ2n) is 7.34. The molecule has 0 radical (unpaired) electrons. The molecule has 20 heavy (non-hydrogen) atoms. The standard InChI is InChI=1S/C16H25N2O2/c1-15(2)12-5-6-16(15,3)13(9-12)20-14(19)10-18-8-7-17(4)11-18/h7-8,11-13H,5-6,9-10H2,1-4H3/q+1. The Bertz CT molecular complexity index is 534. The Morgan fingerprint density at radius 1 is 1.45 bits per heavy atom. The Hall–Kier alpha value is -1.32. The van der Waals surface area contributed by atoms with Crippen LogP contribution in [0.3, 0.4) is 0 Å². The summed E-state index contributed by atoms with van der Waals surface area (Å²) in [7, 11) is 1.95. The molecule has 0 aromatic carbocycles. The van der Waals surface area contributed by atoms with E-state index in [1.165, 1.54) is 12.8 Å². The monoisotopic (exact) mass is 277 g/mol. The van der Waals surface area contributed by atoms with Crippen LogP contribution in [-0.4, -0.2) is 16.6 Å². The molecule has 1 heterocycles. The normalized spacial score (nSPS) is 34.4. The minimum absolute atomic E-state index is 0.0908. The van der Waals surface area contributed by atoms with E-state index in [0.29, 0.717) is 12.5 Å². The largest absolute Gasteiger partial charge is 0.459 e. The first-order chi connectivity index (χ1) is 9.33. The van der Waals surface area contributed by atoms with Crippen molar-refractivity contribution < 1.29 is 14.1 Å². The number of carbonyl (C=O) groups is 1. The minimum atomic E-state index is -0.115. The maximum Gasteiger partial charge on any atom is 0.348 e. The van der Waals surface area contributed by atoms with Gasteiger partial charge in [0.05, 0.1) is 7.05 Å². The van der Waals surface area contributed by atoms with Crippen LogP contribution >= 0.6 is 0 Å². The molecule has 2 aliphatic carbocycles. The highest BCUT2D eigenvalue weighted by Crippen LogP contribution is 2.66. The zero-order chi connectivity index (χ0) is 14.5. The summed E-state index contributed by atoms with van der Waals surface area (Å²) in [5, 5.41) is 0. The molecule has 2 saturated carbocycles. The van der Waals surface area contributed by atoms with Gasteiger partial charge in [-0.05, 0) is 30.6 Å². The number of aromatic nitrogens is 2. The van der Waals surface area contributed by atoms with E-state index in [0.717, 1.165) is 6.42 Å². The van der Waals surface area contributed by atoms with Crippen LogP contribution in [0.25, 0.3) is 0 Å². The molecule has 1 aromatic heterocycles. The van der Waals surface area contributed by atoms with E-state index in [1.807, 2.05) is 34.9 Å². The second-order valence-corrected chi connectivity index (χ2v) is 7.34. The van der Waals surface area contributed by atoms with E-state index in [2.05, 4.69) is 20.8 Å². The second kappa shape index (κ2) is 4.34. The molecule has 3 rings (SSSR count). The molecule has 2 bridgehead atoms. The number of nitrogens with zero attached hydrogens (tertiary/aromatic N) is 2. The van der Waals surface area contributed by atoms with Gasteiger partial charge in [0, 0.05) is 5.41 Å². The molecule has 0 spiro atoms. The Morgan fingerprint density at radius 2 is 2.20 bits per heavy atom. The number of imidazole rings is 1. The molecule has 0 amide bonds. The minimum Gasteiger partial charge on any atom is -0.459 e. The lowest BCUT2D eigenvalue weighted by molar-refractivity contribution is -0.671. The molecule has 0 saturated heterocycles. The Morgan fingerprint density at radius 3 is 2.70 bits per heavy atom. The third kappa shape index (κ3) is 1.88. The SMILES string of the molecule is C[n+]1ccn(CC(=O)OC2CC3CCC2(C)C3(C)C)c1. The maximum absolute atomic E-state index is 12.2. The van der Waals surface area contributed by atoms with Crippen molar-refractivity contribution in [3.05, 3.63) is 18.7 Å². The summed E-state index contributed by atoms with van der Waals surface area (Å²) >= 11 is 0. The molecule has 3 atom stereocenters. The highest BCUT2D eigenvalue weighted by atomic mass is 16.5. The van der Waals surface area contributed by atoms with Crippen molar-refractivity contribution >= 4 is 5.97 Å². The van der Waals surface area contributed by atoms with Gasteiger partial charge in [-0.2, -0.15) is 0 Å². The molecule has 3 unspecified atom stereocenters. The predicted octanol–water partition coefficient (Wildman–Crippen LogP) is 2.07. The molecule has 2 fully saturated rings. The van der Waals surface area contributed by atoms with Gasteiger partial charge in [0.25, 0.3) is 0 Å². The van der Waals surface area contributed by atoms with Crippen molar-refractivity contribution in [1.29, 1.82) is 0 Å². The van der Waals surface area contributed by atoms with E-state index in [1.54, 1.807) is 0 Å². The Labute approximate surface area is 120 Å². The number of carbonyl (C=O) groups excluding carboxylic acids is 1. The van der Waals surface area contributed by atoms with Gasteiger partial charge >= 0.3 is 5.97 Å². The third-order valence-electron chi connectivity index (χ3n) is 6.12. The summed E-state index contributed by atoms with van der Waals surface area (Å²) in [6.45, 7) is 7.28. The van der Waals surface area contributed by atoms with Crippen molar-refractivity contribution in [2.75, 3.05) is 0 Å². The zero-order valence-corrected chi connectivity index (χ0v) is 12.9.